The number of nitrogens with zero attached hydrogens (tertiary/aromatic N) is 1. The topological polar surface area (TPSA) is 68.3 Å². The molecule has 0 fully saturated rings. The van der Waals surface area contributed by atoms with Crippen molar-refractivity contribution in [1.82, 2.24) is 10.3 Å². The molecule has 0 saturated carbocycles. The number of ether oxygens (including phenoxy) is 1. The number of pyridine rings is 1. The van der Waals surface area contributed by atoms with Gasteiger partial charge in [0.15, 0.2) is 6.04 Å². The van der Waals surface area contributed by atoms with E-state index in [1.54, 1.807) is 36.5 Å². The van der Waals surface area contributed by atoms with Gasteiger partial charge in [0.1, 0.15) is 0 Å². The van der Waals surface area contributed by atoms with E-state index in [9.17, 15) is 9.59 Å². The van der Waals surface area contributed by atoms with E-state index in [2.05, 4.69) is 10.3 Å². The van der Waals surface area contributed by atoms with Crippen LogP contribution in [0.5, 0.6) is 0 Å². The Morgan fingerprint density at radius 2 is 1.90 bits per heavy atom. The minimum absolute atomic E-state index is 0.370. The Labute approximate surface area is 123 Å². The molecule has 2 rings (SSSR count). The van der Waals surface area contributed by atoms with Crippen LogP contribution in [0.3, 0.4) is 0 Å². The van der Waals surface area contributed by atoms with Crippen molar-refractivity contribution in [3.63, 3.8) is 0 Å². The number of carbonyl (C=O) groups excluding carboxylic acids is 2. The maximum atomic E-state index is 12.2. The highest BCUT2D eigenvalue weighted by atomic mass is 16.5. The van der Waals surface area contributed by atoms with Gasteiger partial charge < -0.3 is 10.1 Å². The van der Waals surface area contributed by atoms with Gasteiger partial charge in [-0.15, -0.1) is 0 Å². The van der Waals surface area contributed by atoms with Crippen LogP contribution in [0.15, 0.2) is 48.8 Å². The van der Waals surface area contributed by atoms with Gasteiger partial charge in [0.05, 0.1) is 12.7 Å². The molecular formula is C16H16N2O3. The smallest absolute Gasteiger partial charge is 0.333 e. The van der Waals surface area contributed by atoms with Gasteiger partial charge in [-0.3, -0.25) is 9.78 Å². The van der Waals surface area contributed by atoms with Crippen LogP contribution in [-0.2, 0) is 9.53 Å². The summed E-state index contributed by atoms with van der Waals surface area (Å²) in [7, 11) is 1.29. The molecule has 0 aliphatic heterocycles. The highest BCUT2D eigenvalue weighted by Gasteiger charge is 2.23. The van der Waals surface area contributed by atoms with Crippen LogP contribution in [0.2, 0.25) is 0 Å². The summed E-state index contributed by atoms with van der Waals surface area (Å²) < 4.78 is 4.76. The SMILES string of the molecule is COC(=O)C(NC(=O)c1cncc(C)c1)c1ccccc1. The Balaban J connectivity index is 2.23. The van der Waals surface area contributed by atoms with E-state index in [0.29, 0.717) is 11.1 Å². The van der Waals surface area contributed by atoms with E-state index in [0.717, 1.165) is 5.56 Å². The highest BCUT2D eigenvalue weighted by Crippen LogP contribution is 2.15. The van der Waals surface area contributed by atoms with Crippen molar-refractivity contribution in [2.24, 2.45) is 0 Å². The summed E-state index contributed by atoms with van der Waals surface area (Å²) in [5.41, 5.74) is 1.94. The van der Waals surface area contributed by atoms with Crippen molar-refractivity contribution < 1.29 is 14.3 Å². The molecule has 108 valence electrons. The normalized spacial score (nSPS) is 11.5. The molecule has 5 nitrogen and oxygen atoms in total. The third-order valence-electron chi connectivity index (χ3n) is 2.98. The predicted octanol–water partition coefficient (Wildman–Crippen LogP) is 2.03. The molecule has 1 unspecified atom stereocenters. The highest BCUT2D eigenvalue weighted by molar-refractivity contribution is 5.96. The Kier molecular flexibility index (Phi) is 4.66. The van der Waals surface area contributed by atoms with Crippen LogP contribution in [0.1, 0.15) is 27.5 Å². The number of hydrogen-bond donors (Lipinski definition) is 1. The lowest BCUT2D eigenvalue weighted by Crippen LogP contribution is -2.34. The van der Waals surface area contributed by atoms with Crippen molar-refractivity contribution in [3.05, 3.63) is 65.5 Å². The van der Waals surface area contributed by atoms with Crippen LogP contribution in [0, 0.1) is 6.92 Å². The summed E-state index contributed by atoms with van der Waals surface area (Å²) in [6.07, 6.45) is 3.12. The van der Waals surface area contributed by atoms with Crippen LogP contribution >= 0.6 is 0 Å². The summed E-state index contributed by atoms with van der Waals surface area (Å²) in [6.45, 7) is 1.85. The molecule has 0 aliphatic carbocycles. The fourth-order valence-corrected chi connectivity index (χ4v) is 1.94. The summed E-state index contributed by atoms with van der Waals surface area (Å²) >= 11 is 0. The van der Waals surface area contributed by atoms with E-state index in [1.807, 2.05) is 13.0 Å². The summed E-state index contributed by atoms with van der Waals surface area (Å²) in [5, 5.41) is 2.67. The summed E-state index contributed by atoms with van der Waals surface area (Å²) in [4.78, 5) is 28.1. The van der Waals surface area contributed by atoms with Gasteiger partial charge in [-0.1, -0.05) is 30.3 Å². The lowest BCUT2D eigenvalue weighted by atomic mass is 10.1. The number of amides is 1. The quantitative estimate of drug-likeness (QED) is 0.872. The lowest BCUT2D eigenvalue weighted by Gasteiger charge is -2.16. The monoisotopic (exact) mass is 284 g/mol. The second kappa shape index (κ2) is 6.65. The average molecular weight is 284 g/mol. The zero-order valence-corrected chi connectivity index (χ0v) is 11.9. The minimum atomic E-state index is -0.843. The first-order chi connectivity index (χ1) is 10.1. The molecule has 1 aromatic heterocycles. The molecule has 0 aliphatic rings. The second-order valence-corrected chi connectivity index (χ2v) is 4.59. The number of methoxy groups -OCH3 is 1. The molecule has 5 heteroatoms. The molecule has 0 spiro atoms. The lowest BCUT2D eigenvalue weighted by molar-refractivity contribution is -0.143. The van der Waals surface area contributed by atoms with E-state index < -0.39 is 12.0 Å². The third-order valence-corrected chi connectivity index (χ3v) is 2.98. The molecule has 0 bridgehead atoms. The third kappa shape index (κ3) is 3.66. The molecule has 1 aromatic carbocycles. The Bertz CT molecular complexity index is 641. The van der Waals surface area contributed by atoms with Gasteiger partial charge in [-0.25, -0.2) is 4.79 Å². The Hall–Kier alpha value is -2.69. The number of nitrogens with one attached hydrogen (secondary N) is 1. The van der Waals surface area contributed by atoms with Gasteiger partial charge >= 0.3 is 5.97 Å². The van der Waals surface area contributed by atoms with E-state index in [-0.39, 0.29) is 5.91 Å². The van der Waals surface area contributed by atoms with Crippen molar-refractivity contribution in [2.75, 3.05) is 7.11 Å². The molecule has 21 heavy (non-hydrogen) atoms. The van der Waals surface area contributed by atoms with Crippen molar-refractivity contribution in [1.29, 1.82) is 0 Å². The number of benzene rings is 1. The van der Waals surface area contributed by atoms with Crippen molar-refractivity contribution in [3.8, 4) is 0 Å². The maximum Gasteiger partial charge on any atom is 0.333 e. The number of carbonyl (C=O) groups is 2. The maximum absolute atomic E-state index is 12.2. The van der Waals surface area contributed by atoms with Crippen LogP contribution in [0.25, 0.3) is 0 Å². The van der Waals surface area contributed by atoms with Gasteiger partial charge in [0.2, 0.25) is 0 Å². The van der Waals surface area contributed by atoms with Crippen LogP contribution in [-0.4, -0.2) is 24.0 Å². The molecular weight excluding hydrogens is 268 g/mol. The van der Waals surface area contributed by atoms with Gasteiger partial charge in [-0.2, -0.15) is 0 Å². The van der Waals surface area contributed by atoms with Crippen LogP contribution < -0.4 is 5.32 Å². The number of esters is 1. The van der Waals surface area contributed by atoms with Crippen LogP contribution in [0.4, 0.5) is 0 Å². The molecule has 1 N–H and O–H groups in total. The first-order valence-electron chi connectivity index (χ1n) is 6.47. The molecule has 1 atom stereocenters. The van der Waals surface area contributed by atoms with E-state index in [4.69, 9.17) is 4.74 Å². The predicted molar refractivity (Wildman–Crippen MR) is 77.6 cm³/mol. The fraction of sp³-hybridized carbons (Fsp3) is 0.188. The first-order valence-corrected chi connectivity index (χ1v) is 6.47. The zero-order valence-electron chi connectivity index (χ0n) is 11.9. The fourth-order valence-electron chi connectivity index (χ4n) is 1.94. The van der Waals surface area contributed by atoms with Gasteiger partial charge in [0, 0.05) is 12.4 Å². The van der Waals surface area contributed by atoms with E-state index in [1.165, 1.54) is 13.3 Å². The number of hydrogen-bond acceptors (Lipinski definition) is 4. The summed E-state index contributed by atoms with van der Waals surface area (Å²) in [6, 6.07) is 9.82. The Morgan fingerprint density at radius 3 is 2.52 bits per heavy atom. The van der Waals surface area contributed by atoms with E-state index >= 15 is 0 Å². The first kappa shape index (κ1) is 14.7. The standard InChI is InChI=1S/C16H16N2O3/c1-11-8-13(10-17-9-11)15(19)18-14(16(20)21-2)12-6-4-3-5-7-12/h3-10,14H,1-2H3,(H,18,19). The van der Waals surface area contributed by atoms with Crippen molar-refractivity contribution >= 4 is 11.9 Å². The Morgan fingerprint density at radius 1 is 1.19 bits per heavy atom. The average Bonchev–Trinajstić information content (AvgIpc) is 2.52. The largest absolute Gasteiger partial charge is 0.467 e. The van der Waals surface area contributed by atoms with Gasteiger partial charge in [-0.05, 0) is 24.1 Å². The summed E-state index contributed by atoms with van der Waals surface area (Å²) in [5.74, 6) is -0.888. The van der Waals surface area contributed by atoms with Gasteiger partial charge in [0.25, 0.3) is 5.91 Å². The number of rotatable bonds is 4. The minimum Gasteiger partial charge on any atom is -0.467 e. The van der Waals surface area contributed by atoms with Crippen molar-refractivity contribution in [2.45, 2.75) is 13.0 Å². The molecule has 2 aromatic rings. The molecule has 0 saturated heterocycles. The molecule has 0 radical (unpaired) electrons. The molecule has 1 amide bonds. The number of aromatic nitrogens is 1. The zero-order chi connectivity index (χ0) is 15.2. The number of aryl methyl sites for hydroxylation is 1. The molecule has 1 heterocycles. The second-order valence-electron chi connectivity index (χ2n) is 4.59.